The molecule has 2 heteroatoms. The molecule has 0 amide bonds. The highest BCUT2D eigenvalue weighted by atomic mass is 16.3. The largest absolute Gasteiger partial charge is 0.290 e. The van der Waals surface area contributed by atoms with Crippen LogP contribution in [-0.4, -0.2) is 0 Å². The molecular weight excluding hydrogens is 212 g/mol. The molecule has 2 aromatic rings. The van der Waals surface area contributed by atoms with Crippen molar-refractivity contribution in [2.75, 3.05) is 0 Å². The maximum Gasteiger partial charge on any atom is 0.182 e. The van der Waals surface area contributed by atoms with Crippen LogP contribution >= 0.6 is 0 Å². The molecule has 0 N–H and O–H groups in total. The number of hydrogen-bond acceptors (Lipinski definition) is 0. The van der Waals surface area contributed by atoms with Crippen LogP contribution in [0.15, 0.2) is 48.5 Å². The first-order chi connectivity index (χ1) is 8.03. The molecule has 2 rings (SSSR count). The first-order valence-electron chi connectivity index (χ1n) is 5.56. The van der Waals surface area contributed by atoms with Crippen molar-refractivity contribution >= 4 is 0 Å². The average molecular weight is 226 g/mol. The Morgan fingerprint density at radius 2 is 1.06 bits per heavy atom. The number of hydrogen-bond donors (Lipinski definition) is 0. The van der Waals surface area contributed by atoms with Crippen molar-refractivity contribution in [1.29, 1.82) is 0 Å². The standard InChI is InChI=1S/C15H14O2/c1-15(2,11-7-3-5-9-13(11)16)12-8-4-6-10-14(12)17/h3-10H,1-2H3. The molecule has 2 nitrogen and oxygen atoms in total. The molecule has 0 aliphatic heterocycles. The fourth-order valence-electron chi connectivity index (χ4n) is 2.11. The summed E-state index contributed by atoms with van der Waals surface area (Å²) in [5.41, 5.74) is 0.753. The van der Waals surface area contributed by atoms with Crippen molar-refractivity contribution in [3.05, 3.63) is 59.7 Å². The van der Waals surface area contributed by atoms with Crippen LogP contribution < -0.4 is 0 Å². The lowest BCUT2D eigenvalue weighted by molar-refractivity contribution is 0.332. The van der Waals surface area contributed by atoms with Gasteiger partial charge < -0.3 is 0 Å². The van der Waals surface area contributed by atoms with Crippen LogP contribution in [0.25, 0.3) is 0 Å². The van der Waals surface area contributed by atoms with Gasteiger partial charge in [-0.15, -0.1) is 0 Å². The Labute approximate surface area is 101 Å². The summed E-state index contributed by atoms with van der Waals surface area (Å²) in [5, 5.41) is 23.7. The van der Waals surface area contributed by atoms with Crippen LogP contribution in [0, 0.1) is 0 Å². The summed E-state index contributed by atoms with van der Waals surface area (Å²) in [4.78, 5) is 0. The van der Waals surface area contributed by atoms with E-state index in [0.29, 0.717) is 11.1 Å². The van der Waals surface area contributed by atoms with Crippen molar-refractivity contribution in [1.82, 2.24) is 0 Å². The van der Waals surface area contributed by atoms with E-state index in [1.165, 1.54) is 12.1 Å². The number of para-hydroxylation sites is 2. The summed E-state index contributed by atoms with van der Waals surface area (Å²) < 4.78 is 0. The lowest BCUT2D eigenvalue weighted by atomic mass is 9.77. The molecular formula is C15H14O2. The Morgan fingerprint density at radius 1 is 0.706 bits per heavy atom. The molecule has 0 aromatic heterocycles. The Balaban J connectivity index is 2.58. The van der Waals surface area contributed by atoms with Crippen molar-refractivity contribution in [3.63, 3.8) is 0 Å². The zero-order chi connectivity index (χ0) is 12.5. The average Bonchev–Trinajstić information content (AvgIpc) is 2.29. The molecule has 0 heterocycles. The molecule has 2 radical (unpaired) electrons. The Kier molecular flexibility index (Phi) is 2.80. The first-order valence-corrected chi connectivity index (χ1v) is 5.56. The Bertz CT molecular complexity index is 482. The van der Waals surface area contributed by atoms with Gasteiger partial charge in [0.05, 0.1) is 0 Å². The maximum atomic E-state index is 11.8. The zero-order valence-corrected chi connectivity index (χ0v) is 9.94. The van der Waals surface area contributed by atoms with Gasteiger partial charge in [-0.25, -0.2) is 0 Å². The summed E-state index contributed by atoms with van der Waals surface area (Å²) >= 11 is 0. The van der Waals surface area contributed by atoms with Crippen LogP contribution in [-0.2, 0) is 15.6 Å². The van der Waals surface area contributed by atoms with Gasteiger partial charge in [-0.05, 0) is 12.1 Å². The van der Waals surface area contributed by atoms with Crippen molar-refractivity contribution in [3.8, 4) is 11.5 Å². The normalized spacial score (nSPS) is 11.4. The van der Waals surface area contributed by atoms with Gasteiger partial charge in [0.25, 0.3) is 0 Å². The van der Waals surface area contributed by atoms with Gasteiger partial charge in [-0.3, -0.25) is 10.2 Å². The SMILES string of the molecule is CC(C)(c1ccccc1[O])c1ccccc1[O]. The Hall–Kier alpha value is -1.96. The molecule has 0 unspecified atom stereocenters. The highest BCUT2D eigenvalue weighted by molar-refractivity contribution is 5.49. The van der Waals surface area contributed by atoms with Crippen LogP contribution in [0.2, 0.25) is 0 Å². The van der Waals surface area contributed by atoms with E-state index in [2.05, 4.69) is 0 Å². The smallest absolute Gasteiger partial charge is 0.182 e. The van der Waals surface area contributed by atoms with Gasteiger partial charge in [0.1, 0.15) is 0 Å². The highest BCUT2D eigenvalue weighted by Crippen LogP contribution is 2.40. The van der Waals surface area contributed by atoms with E-state index in [1.807, 2.05) is 26.0 Å². The lowest BCUT2D eigenvalue weighted by Gasteiger charge is -2.26. The van der Waals surface area contributed by atoms with E-state index in [4.69, 9.17) is 0 Å². The third-order valence-electron chi connectivity index (χ3n) is 3.12. The predicted molar refractivity (Wildman–Crippen MR) is 65.3 cm³/mol. The first kappa shape index (κ1) is 11.5. The topological polar surface area (TPSA) is 39.8 Å². The molecule has 0 fully saturated rings. The number of benzene rings is 2. The molecule has 0 aliphatic rings. The molecule has 0 saturated carbocycles. The van der Waals surface area contributed by atoms with E-state index in [-0.39, 0.29) is 11.5 Å². The molecule has 17 heavy (non-hydrogen) atoms. The third-order valence-corrected chi connectivity index (χ3v) is 3.12. The quantitative estimate of drug-likeness (QED) is 0.732. The molecule has 2 aromatic carbocycles. The van der Waals surface area contributed by atoms with Gasteiger partial charge in [-0.2, -0.15) is 0 Å². The van der Waals surface area contributed by atoms with E-state index < -0.39 is 5.41 Å². The number of rotatable bonds is 2. The Morgan fingerprint density at radius 3 is 1.41 bits per heavy atom. The molecule has 0 aliphatic carbocycles. The molecule has 0 saturated heterocycles. The summed E-state index contributed by atoms with van der Waals surface area (Å²) in [5.74, 6) is -0.0542. The van der Waals surface area contributed by atoms with E-state index in [0.717, 1.165) is 0 Å². The monoisotopic (exact) mass is 226 g/mol. The van der Waals surface area contributed by atoms with Crippen LogP contribution in [0.4, 0.5) is 0 Å². The van der Waals surface area contributed by atoms with E-state index >= 15 is 0 Å². The van der Waals surface area contributed by atoms with Gasteiger partial charge in [-0.1, -0.05) is 50.2 Å². The molecule has 0 bridgehead atoms. The van der Waals surface area contributed by atoms with E-state index in [9.17, 15) is 10.2 Å². The molecule has 86 valence electrons. The molecule has 0 spiro atoms. The summed E-state index contributed by atoms with van der Waals surface area (Å²) in [6.45, 7) is 3.81. The fourth-order valence-corrected chi connectivity index (χ4v) is 2.11. The second-order valence-electron chi connectivity index (χ2n) is 4.62. The summed E-state index contributed by atoms with van der Waals surface area (Å²) in [6.07, 6.45) is 0. The summed E-state index contributed by atoms with van der Waals surface area (Å²) in [7, 11) is 0. The van der Waals surface area contributed by atoms with Gasteiger partial charge in [0.2, 0.25) is 0 Å². The van der Waals surface area contributed by atoms with Crippen molar-refractivity contribution < 1.29 is 10.2 Å². The van der Waals surface area contributed by atoms with Crippen LogP contribution in [0.3, 0.4) is 0 Å². The van der Waals surface area contributed by atoms with Gasteiger partial charge in [0.15, 0.2) is 11.5 Å². The fraction of sp³-hybridized carbons (Fsp3) is 0.200. The second kappa shape index (κ2) is 4.13. The summed E-state index contributed by atoms with van der Waals surface area (Å²) in [6, 6.07) is 13.7. The van der Waals surface area contributed by atoms with Gasteiger partial charge >= 0.3 is 0 Å². The maximum absolute atomic E-state index is 11.8. The molecule has 0 atom stereocenters. The van der Waals surface area contributed by atoms with Crippen LogP contribution in [0.1, 0.15) is 25.0 Å². The van der Waals surface area contributed by atoms with Gasteiger partial charge in [0, 0.05) is 16.5 Å². The third kappa shape index (κ3) is 1.98. The van der Waals surface area contributed by atoms with Crippen molar-refractivity contribution in [2.45, 2.75) is 19.3 Å². The second-order valence-corrected chi connectivity index (χ2v) is 4.62. The predicted octanol–water partition coefficient (Wildman–Crippen LogP) is 4.30. The van der Waals surface area contributed by atoms with E-state index in [1.54, 1.807) is 24.3 Å². The van der Waals surface area contributed by atoms with Crippen molar-refractivity contribution in [2.24, 2.45) is 0 Å². The van der Waals surface area contributed by atoms with Crippen LogP contribution in [0.5, 0.6) is 11.5 Å². The highest BCUT2D eigenvalue weighted by Gasteiger charge is 2.29. The minimum Gasteiger partial charge on any atom is -0.290 e. The minimum absolute atomic E-state index is 0.0271. The lowest BCUT2D eigenvalue weighted by Crippen LogP contribution is -2.18. The zero-order valence-electron chi connectivity index (χ0n) is 9.94. The minimum atomic E-state index is -0.559.